The minimum atomic E-state index is -0.617. The molecule has 0 fully saturated rings. The first-order valence-electron chi connectivity index (χ1n) is 7.16. The molecule has 120 valence electrons. The van der Waals surface area contributed by atoms with Crippen LogP contribution < -0.4 is 4.90 Å². The van der Waals surface area contributed by atoms with Crippen molar-refractivity contribution < 1.29 is 23.9 Å². The number of nitrogens with zero attached hydrogens (tertiary/aromatic N) is 1. The lowest BCUT2D eigenvalue weighted by Gasteiger charge is -2.21. The van der Waals surface area contributed by atoms with Gasteiger partial charge in [0.05, 0.1) is 13.2 Å². The van der Waals surface area contributed by atoms with Crippen LogP contribution in [0.3, 0.4) is 0 Å². The van der Waals surface area contributed by atoms with Crippen molar-refractivity contribution in [1.82, 2.24) is 0 Å². The number of carbonyl (C=O) groups excluding carboxylic acids is 3. The molecule has 0 atom stereocenters. The summed E-state index contributed by atoms with van der Waals surface area (Å²) in [6, 6.07) is 7.09. The van der Waals surface area contributed by atoms with Crippen LogP contribution in [0.1, 0.15) is 25.8 Å². The predicted molar refractivity (Wildman–Crippen MR) is 81.4 cm³/mol. The molecule has 1 rings (SSSR count). The van der Waals surface area contributed by atoms with Crippen molar-refractivity contribution in [2.45, 2.75) is 27.2 Å². The molecule has 22 heavy (non-hydrogen) atoms. The van der Waals surface area contributed by atoms with Crippen LogP contribution in [0.15, 0.2) is 24.3 Å². The molecule has 0 saturated heterocycles. The minimum Gasteiger partial charge on any atom is -0.466 e. The quantitative estimate of drug-likeness (QED) is 0.568. The second-order valence-electron chi connectivity index (χ2n) is 4.60. The van der Waals surface area contributed by atoms with E-state index in [2.05, 4.69) is 0 Å². The number of rotatable bonds is 7. The Kier molecular flexibility index (Phi) is 7.08. The molecule has 6 heteroatoms. The molecule has 0 aliphatic rings. The molecule has 1 amide bonds. The van der Waals surface area contributed by atoms with Crippen molar-refractivity contribution in [3.05, 3.63) is 29.8 Å². The zero-order valence-corrected chi connectivity index (χ0v) is 13.1. The Labute approximate surface area is 130 Å². The van der Waals surface area contributed by atoms with E-state index < -0.39 is 24.3 Å². The number of amides is 1. The SMILES string of the molecule is CCOC(=O)CC(=O)N(CC(=O)OCC)c1ccc(C)cc1. The van der Waals surface area contributed by atoms with Gasteiger partial charge in [-0.3, -0.25) is 14.4 Å². The van der Waals surface area contributed by atoms with E-state index in [1.54, 1.807) is 26.0 Å². The maximum Gasteiger partial charge on any atom is 0.326 e. The van der Waals surface area contributed by atoms with E-state index in [1.165, 1.54) is 4.90 Å². The molecule has 0 saturated carbocycles. The zero-order chi connectivity index (χ0) is 16.5. The van der Waals surface area contributed by atoms with E-state index >= 15 is 0 Å². The summed E-state index contributed by atoms with van der Waals surface area (Å²) in [5, 5.41) is 0. The number of anilines is 1. The van der Waals surface area contributed by atoms with Crippen molar-refractivity contribution in [3.8, 4) is 0 Å². The van der Waals surface area contributed by atoms with Gasteiger partial charge >= 0.3 is 11.9 Å². The lowest BCUT2D eigenvalue weighted by molar-refractivity contribution is -0.147. The molecule has 0 bridgehead atoms. The van der Waals surface area contributed by atoms with Gasteiger partial charge in [0.15, 0.2) is 0 Å². The van der Waals surface area contributed by atoms with Crippen molar-refractivity contribution in [1.29, 1.82) is 0 Å². The van der Waals surface area contributed by atoms with Gasteiger partial charge in [-0.1, -0.05) is 17.7 Å². The Hall–Kier alpha value is -2.37. The number of hydrogen-bond acceptors (Lipinski definition) is 5. The van der Waals surface area contributed by atoms with Crippen molar-refractivity contribution >= 4 is 23.5 Å². The fourth-order valence-corrected chi connectivity index (χ4v) is 1.81. The summed E-state index contributed by atoms with van der Waals surface area (Å²) in [5.41, 5.74) is 1.56. The summed E-state index contributed by atoms with van der Waals surface area (Å²) in [4.78, 5) is 36.6. The van der Waals surface area contributed by atoms with Crippen LogP contribution in [0.2, 0.25) is 0 Å². The molecular formula is C16H21NO5. The third-order valence-electron chi connectivity index (χ3n) is 2.84. The Morgan fingerprint density at radius 1 is 0.955 bits per heavy atom. The number of carbonyl (C=O) groups is 3. The summed E-state index contributed by atoms with van der Waals surface area (Å²) >= 11 is 0. The molecule has 0 unspecified atom stereocenters. The highest BCUT2D eigenvalue weighted by Gasteiger charge is 2.22. The fraction of sp³-hybridized carbons (Fsp3) is 0.438. The van der Waals surface area contributed by atoms with Crippen LogP contribution in [0, 0.1) is 6.92 Å². The van der Waals surface area contributed by atoms with E-state index in [4.69, 9.17) is 9.47 Å². The Morgan fingerprint density at radius 2 is 1.50 bits per heavy atom. The molecule has 1 aromatic carbocycles. The van der Waals surface area contributed by atoms with Gasteiger partial charge in [0.1, 0.15) is 13.0 Å². The fourth-order valence-electron chi connectivity index (χ4n) is 1.81. The zero-order valence-electron chi connectivity index (χ0n) is 13.1. The standard InChI is InChI=1S/C16H21NO5/c1-4-21-15(19)10-14(18)17(11-16(20)22-5-2)13-8-6-12(3)7-9-13/h6-9H,4-5,10-11H2,1-3H3. The van der Waals surface area contributed by atoms with E-state index in [9.17, 15) is 14.4 Å². The van der Waals surface area contributed by atoms with Crippen LogP contribution in [0.25, 0.3) is 0 Å². The Morgan fingerprint density at radius 3 is 2.05 bits per heavy atom. The summed E-state index contributed by atoms with van der Waals surface area (Å²) < 4.78 is 9.64. The molecular weight excluding hydrogens is 286 g/mol. The van der Waals surface area contributed by atoms with Gasteiger partial charge in [0, 0.05) is 5.69 Å². The lowest BCUT2D eigenvalue weighted by atomic mass is 10.2. The van der Waals surface area contributed by atoms with E-state index in [1.807, 2.05) is 19.1 Å². The molecule has 0 aliphatic carbocycles. The first kappa shape index (κ1) is 17.7. The maximum absolute atomic E-state index is 12.3. The van der Waals surface area contributed by atoms with Gasteiger partial charge in [-0.2, -0.15) is 0 Å². The average molecular weight is 307 g/mol. The summed E-state index contributed by atoms with van der Waals surface area (Å²) in [6.45, 7) is 5.46. The highest BCUT2D eigenvalue weighted by molar-refractivity contribution is 6.05. The Balaban J connectivity index is 2.90. The topological polar surface area (TPSA) is 72.9 Å². The number of benzene rings is 1. The third kappa shape index (κ3) is 5.55. The maximum atomic E-state index is 12.3. The van der Waals surface area contributed by atoms with Gasteiger partial charge in [0.25, 0.3) is 0 Å². The molecule has 0 aliphatic heterocycles. The monoisotopic (exact) mass is 307 g/mol. The highest BCUT2D eigenvalue weighted by Crippen LogP contribution is 2.16. The smallest absolute Gasteiger partial charge is 0.326 e. The number of hydrogen-bond donors (Lipinski definition) is 0. The third-order valence-corrected chi connectivity index (χ3v) is 2.84. The normalized spacial score (nSPS) is 9.95. The van der Waals surface area contributed by atoms with E-state index in [0.717, 1.165) is 5.56 Å². The van der Waals surface area contributed by atoms with E-state index in [-0.39, 0.29) is 19.8 Å². The molecule has 0 radical (unpaired) electrons. The van der Waals surface area contributed by atoms with Crippen molar-refractivity contribution in [2.75, 3.05) is 24.7 Å². The van der Waals surface area contributed by atoms with Crippen LogP contribution in [0.5, 0.6) is 0 Å². The van der Waals surface area contributed by atoms with Gasteiger partial charge in [-0.25, -0.2) is 0 Å². The van der Waals surface area contributed by atoms with Crippen molar-refractivity contribution in [2.24, 2.45) is 0 Å². The number of aryl methyl sites for hydroxylation is 1. The van der Waals surface area contributed by atoms with Crippen LogP contribution in [-0.2, 0) is 23.9 Å². The van der Waals surface area contributed by atoms with Gasteiger partial charge in [-0.15, -0.1) is 0 Å². The minimum absolute atomic E-state index is 0.203. The summed E-state index contributed by atoms with van der Waals surface area (Å²) in [6.07, 6.45) is -0.416. The van der Waals surface area contributed by atoms with Gasteiger partial charge in [0.2, 0.25) is 5.91 Å². The first-order valence-corrected chi connectivity index (χ1v) is 7.16. The molecule has 1 aromatic rings. The number of esters is 2. The second kappa shape index (κ2) is 8.81. The average Bonchev–Trinajstić information content (AvgIpc) is 2.46. The van der Waals surface area contributed by atoms with Gasteiger partial charge in [-0.05, 0) is 32.9 Å². The molecule has 0 aromatic heterocycles. The van der Waals surface area contributed by atoms with Crippen LogP contribution >= 0.6 is 0 Å². The summed E-state index contributed by atoms with van der Waals surface area (Å²) in [7, 11) is 0. The largest absolute Gasteiger partial charge is 0.466 e. The van der Waals surface area contributed by atoms with Crippen LogP contribution in [0.4, 0.5) is 5.69 Å². The van der Waals surface area contributed by atoms with E-state index in [0.29, 0.717) is 5.69 Å². The molecule has 0 heterocycles. The number of ether oxygens (including phenoxy) is 2. The molecule has 0 N–H and O–H groups in total. The summed E-state index contributed by atoms with van der Waals surface area (Å²) in [5.74, 6) is -1.65. The molecule has 0 spiro atoms. The second-order valence-corrected chi connectivity index (χ2v) is 4.60. The Bertz CT molecular complexity index is 524. The van der Waals surface area contributed by atoms with Crippen molar-refractivity contribution in [3.63, 3.8) is 0 Å². The predicted octanol–water partition coefficient (Wildman–Crippen LogP) is 1.84. The molecule has 6 nitrogen and oxygen atoms in total. The van der Waals surface area contributed by atoms with Crippen LogP contribution in [-0.4, -0.2) is 37.6 Å². The van der Waals surface area contributed by atoms with Gasteiger partial charge < -0.3 is 14.4 Å². The first-order chi connectivity index (χ1) is 10.5. The lowest BCUT2D eigenvalue weighted by Crippen LogP contribution is -2.37. The highest BCUT2D eigenvalue weighted by atomic mass is 16.5.